The van der Waals surface area contributed by atoms with E-state index in [2.05, 4.69) is 0 Å². The molecule has 1 saturated carbocycles. The van der Waals surface area contributed by atoms with Gasteiger partial charge in [0.1, 0.15) is 12.4 Å². The van der Waals surface area contributed by atoms with Crippen LogP contribution in [-0.4, -0.2) is 19.7 Å². The molecule has 0 heterocycles. The van der Waals surface area contributed by atoms with Gasteiger partial charge >= 0.3 is 5.97 Å². The molecule has 18 heavy (non-hydrogen) atoms. The lowest BCUT2D eigenvalue weighted by Gasteiger charge is -2.31. The van der Waals surface area contributed by atoms with E-state index in [1.807, 2.05) is 31.2 Å². The number of esters is 1. The van der Waals surface area contributed by atoms with Crippen LogP contribution in [0.25, 0.3) is 0 Å². The molecular formula is C15H20O3. The molecule has 98 valence electrons. The van der Waals surface area contributed by atoms with Crippen LogP contribution in [0.3, 0.4) is 0 Å². The molecule has 0 spiro atoms. The second-order valence-electron chi connectivity index (χ2n) is 4.94. The van der Waals surface area contributed by atoms with Crippen LogP contribution in [0.15, 0.2) is 24.3 Å². The van der Waals surface area contributed by atoms with E-state index in [0.29, 0.717) is 12.5 Å². The third-order valence-corrected chi connectivity index (χ3v) is 3.67. The minimum atomic E-state index is -0.146. The van der Waals surface area contributed by atoms with E-state index in [9.17, 15) is 4.79 Å². The summed E-state index contributed by atoms with van der Waals surface area (Å²) < 4.78 is 10.6. The van der Waals surface area contributed by atoms with E-state index >= 15 is 0 Å². The number of rotatable bonds is 5. The van der Waals surface area contributed by atoms with Crippen molar-refractivity contribution >= 4 is 5.97 Å². The standard InChI is InChI=1S/C15H20O3/c1-11-6-8-13(9-7-11)18-10-14(15(16)17-2)12-4-3-5-12/h6-9,12,14H,3-5,10H2,1-2H3. The molecule has 1 unspecified atom stereocenters. The first-order valence-corrected chi connectivity index (χ1v) is 6.48. The molecule has 3 heteroatoms. The van der Waals surface area contributed by atoms with Crippen LogP contribution in [0, 0.1) is 18.8 Å². The van der Waals surface area contributed by atoms with E-state index in [1.165, 1.54) is 19.1 Å². The first kappa shape index (κ1) is 12.9. The Morgan fingerprint density at radius 1 is 1.33 bits per heavy atom. The lowest BCUT2D eigenvalue weighted by molar-refractivity contribution is -0.150. The Bertz CT molecular complexity index is 393. The Kier molecular flexibility index (Phi) is 4.24. The van der Waals surface area contributed by atoms with Gasteiger partial charge in [0.25, 0.3) is 0 Å². The van der Waals surface area contributed by atoms with Gasteiger partial charge in [-0.2, -0.15) is 0 Å². The van der Waals surface area contributed by atoms with Gasteiger partial charge in [-0.3, -0.25) is 4.79 Å². The smallest absolute Gasteiger partial charge is 0.312 e. The Hall–Kier alpha value is -1.51. The molecule has 1 fully saturated rings. The maximum atomic E-state index is 11.7. The first-order chi connectivity index (χ1) is 8.70. The van der Waals surface area contributed by atoms with Crippen LogP contribution in [0.2, 0.25) is 0 Å². The lowest BCUT2D eigenvalue weighted by Crippen LogP contribution is -2.34. The molecular weight excluding hydrogens is 228 g/mol. The fraction of sp³-hybridized carbons (Fsp3) is 0.533. The molecule has 1 atom stereocenters. The van der Waals surface area contributed by atoms with Crippen LogP contribution < -0.4 is 4.74 Å². The molecule has 3 nitrogen and oxygen atoms in total. The largest absolute Gasteiger partial charge is 0.493 e. The van der Waals surface area contributed by atoms with Crippen molar-refractivity contribution < 1.29 is 14.3 Å². The van der Waals surface area contributed by atoms with E-state index in [4.69, 9.17) is 9.47 Å². The molecule has 0 aliphatic heterocycles. The highest BCUT2D eigenvalue weighted by atomic mass is 16.5. The van der Waals surface area contributed by atoms with E-state index in [0.717, 1.165) is 18.6 Å². The summed E-state index contributed by atoms with van der Waals surface area (Å²) >= 11 is 0. The minimum Gasteiger partial charge on any atom is -0.493 e. The van der Waals surface area contributed by atoms with Crippen LogP contribution in [-0.2, 0) is 9.53 Å². The zero-order valence-corrected chi connectivity index (χ0v) is 11.0. The van der Waals surface area contributed by atoms with Crippen LogP contribution >= 0.6 is 0 Å². The van der Waals surface area contributed by atoms with Crippen LogP contribution in [0.4, 0.5) is 0 Å². The number of ether oxygens (including phenoxy) is 2. The molecule has 2 rings (SSSR count). The summed E-state index contributed by atoms with van der Waals surface area (Å²) in [6, 6.07) is 7.88. The van der Waals surface area contributed by atoms with Gasteiger partial charge in [-0.25, -0.2) is 0 Å². The summed E-state index contributed by atoms with van der Waals surface area (Å²) in [5.41, 5.74) is 1.20. The molecule has 1 aromatic rings. The summed E-state index contributed by atoms with van der Waals surface area (Å²) in [6.07, 6.45) is 3.43. The van der Waals surface area contributed by atoms with Crippen molar-refractivity contribution in [3.63, 3.8) is 0 Å². The van der Waals surface area contributed by atoms with Crippen molar-refractivity contribution in [1.29, 1.82) is 0 Å². The number of aryl methyl sites for hydroxylation is 1. The third kappa shape index (κ3) is 3.03. The molecule has 1 aromatic carbocycles. The Labute approximate surface area is 108 Å². The van der Waals surface area contributed by atoms with Crippen molar-refractivity contribution in [1.82, 2.24) is 0 Å². The summed E-state index contributed by atoms with van der Waals surface area (Å²) in [4.78, 5) is 11.7. The average molecular weight is 248 g/mol. The molecule has 0 radical (unpaired) electrons. The fourth-order valence-corrected chi connectivity index (χ4v) is 2.21. The summed E-state index contributed by atoms with van der Waals surface area (Å²) in [5, 5.41) is 0. The summed E-state index contributed by atoms with van der Waals surface area (Å²) in [5.74, 6) is 0.980. The number of benzene rings is 1. The third-order valence-electron chi connectivity index (χ3n) is 3.67. The van der Waals surface area contributed by atoms with Gasteiger partial charge in [-0.05, 0) is 37.8 Å². The Balaban J connectivity index is 1.92. The highest BCUT2D eigenvalue weighted by Gasteiger charge is 2.33. The van der Waals surface area contributed by atoms with Crippen molar-refractivity contribution in [2.45, 2.75) is 26.2 Å². The lowest BCUT2D eigenvalue weighted by atomic mass is 9.76. The van der Waals surface area contributed by atoms with Gasteiger partial charge in [0.2, 0.25) is 0 Å². The predicted octanol–water partition coefficient (Wildman–Crippen LogP) is 2.96. The van der Waals surface area contributed by atoms with Gasteiger partial charge in [0, 0.05) is 0 Å². The number of carbonyl (C=O) groups excluding carboxylic acids is 1. The number of hydrogen-bond acceptors (Lipinski definition) is 3. The molecule has 0 amide bonds. The normalized spacial score (nSPS) is 16.8. The average Bonchev–Trinajstić information content (AvgIpc) is 2.33. The molecule has 1 aliphatic carbocycles. The summed E-state index contributed by atoms with van der Waals surface area (Å²) in [6.45, 7) is 2.45. The van der Waals surface area contributed by atoms with E-state index < -0.39 is 0 Å². The highest BCUT2D eigenvalue weighted by Crippen LogP contribution is 2.34. The topological polar surface area (TPSA) is 35.5 Å². The van der Waals surface area contributed by atoms with E-state index in [-0.39, 0.29) is 11.9 Å². The predicted molar refractivity (Wildman–Crippen MR) is 69.5 cm³/mol. The van der Waals surface area contributed by atoms with Crippen molar-refractivity contribution in [3.05, 3.63) is 29.8 Å². The first-order valence-electron chi connectivity index (χ1n) is 6.48. The molecule has 0 aromatic heterocycles. The molecule has 0 N–H and O–H groups in total. The van der Waals surface area contributed by atoms with Gasteiger partial charge in [-0.1, -0.05) is 24.1 Å². The van der Waals surface area contributed by atoms with Crippen molar-refractivity contribution in [3.8, 4) is 5.75 Å². The Morgan fingerprint density at radius 2 is 2.00 bits per heavy atom. The van der Waals surface area contributed by atoms with Gasteiger partial charge in [0.15, 0.2) is 0 Å². The monoisotopic (exact) mass is 248 g/mol. The zero-order chi connectivity index (χ0) is 13.0. The Morgan fingerprint density at radius 3 is 2.50 bits per heavy atom. The maximum absolute atomic E-state index is 11.7. The van der Waals surface area contributed by atoms with Crippen molar-refractivity contribution in [2.75, 3.05) is 13.7 Å². The van der Waals surface area contributed by atoms with Gasteiger partial charge < -0.3 is 9.47 Å². The van der Waals surface area contributed by atoms with E-state index in [1.54, 1.807) is 0 Å². The zero-order valence-electron chi connectivity index (χ0n) is 11.0. The molecule has 1 aliphatic rings. The second kappa shape index (κ2) is 5.89. The fourth-order valence-electron chi connectivity index (χ4n) is 2.21. The quantitative estimate of drug-likeness (QED) is 0.751. The maximum Gasteiger partial charge on any atom is 0.312 e. The molecule has 0 saturated heterocycles. The van der Waals surface area contributed by atoms with Gasteiger partial charge in [-0.15, -0.1) is 0 Å². The highest BCUT2D eigenvalue weighted by molar-refractivity contribution is 5.73. The molecule has 0 bridgehead atoms. The summed E-state index contributed by atoms with van der Waals surface area (Å²) in [7, 11) is 1.44. The van der Waals surface area contributed by atoms with Crippen molar-refractivity contribution in [2.24, 2.45) is 11.8 Å². The van der Waals surface area contributed by atoms with Gasteiger partial charge in [0.05, 0.1) is 13.0 Å². The second-order valence-corrected chi connectivity index (χ2v) is 4.94. The number of methoxy groups -OCH3 is 1. The number of carbonyl (C=O) groups is 1. The van der Waals surface area contributed by atoms with Crippen LogP contribution in [0.1, 0.15) is 24.8 Å². The SMILES string of the molecule is COC(=O)C(COc1ccc(C)cc1)C1CCC1. The minimum absolute atomic E-state index is 0.120. The van der Waals surface area contributed by atoms with Crippen LogP contribution in [0.5, 0.6) is 5.75 Å². The number of hydrogen-bond donors (Lipinski definition) is 0.